The highest BCUT2D eigenvalue weighted by atomic mass is 32.1. The molecule has 2 aliphatic rings. The van der Waals surface area contributed by atoms with Crippen LogP contribution in [0.25, 0.3) is 0 Å². The summed E-state index contributed by atoms with van der Waals surface area (Å²) < 4.78 is 0. The summed E-state index contributed by atoms with van der Waals surface area (Å²) >= 11 is 1.86. The largest absolute Gasteiger partial charge is 0.347 e. The van der Waals surface area contributed by atoms with E-state index in [1.54, 1.807) is 0 Å². The number of nitrogens with one attached hydrogen (secondary N) is 2. The van der Waals surface area contributed by atoms with E-state index in [0.717, 1.165) is 18.7 Å². The number of fused-ring (bicyclic) bond motifs is 1. The van der Waals surface area contributed by atoms with Gasteiger partial charge in [-0.05, 0) is 43.4 Å². The van der Waals surface area contributed by atoms with Crippen molar-refractivity contribution in [3.63, 3.8) is 0 Å². The number of hydrogen-bond donors (Lipinski definition) is 2. The maximum absolute atomic E-state index is 11.9. The fourth-order valence-corrected chi connectivity index (χ4v) is 3.65. The highest BCUT2D eigenvalue weighted by Gasteiger charge is 2.17. The minimum atomic E-state index is 0.0834. The second-order valence-corrected chi connectivity index (χ2v) is 6.25. The van der Waals surface area contributed by atoms with E-state index in [9.17, 15) is 4.79 Å². The van der Waals surface area contributed by atoms with E-state index in [-0.39, 0.29) is 5.91 Å². The van der Waals surface area contributed by atoms with Crippen LogP contribution in [0.5, 0.6) is 0 Å². The molecule has 0 aromatic carbocycles. The number of thiophene rings is 1. The van der Waals surface area contributed by atoms with Crippen LogP contribution in [0.1, 0.15) is 28.7 Å². The minimum Gasteiger partial charge on any atom is -0.347 e. The number of carbonyl (C=O) groups excluding carboxylic acids is 1. The predicted octanol–water partition coefficient (Wildman–Crippen LogP) is 1.77. The summed E-state index contributed by atoms with van der Waals surface area (Å²) in [7, 11) is 0. The number of aryl methyl sites for hydroxylation is 2. The lowest BCUT2D eigenvalue weighted by Crippen LogP contribution is -2.37. The zero-order valence-corrected chi connectivity index (χ0v) is 11.5. The van der Waals surface area contributed by atoms with Gasteiger partial charge in [0.2, 0.25) is 5.91 Å². The summed E-state index contributed by atoms with van der Waals surface area (Å²) in [4.78, 5) is 14.7. The molecular formula is C14H18N2OS. The fraction of sp³-hybridized carbons (Fsp3) is 0.500. The highest BCUT2D eigenvalue weighted by molar-refractivity contribution is 7.12. The van der Waals surface area contributed by atoms with Gasteiger partial charge >= 0.3 is 0 Å². The van der Waals surface area contributed by atoms with Crippen LogP contribution in [-0.2, 0) is 24.2 Å². The third kappa shape index (κ3) is 2.22. The Morgan fingerprint density at radius 1 is 1.44 bits per heavy atom. The molecule has 0 spiro atoms. The molecule has 96 valence electrons. The molecule has 1 fully saturated rings. The highest BCUT2D eigenvalue weighted by Crippen LogP contribution is 2.30. The molecule has 0 bridgehead atoms. The van der Waals surface area contributed by atoms with Crippen molar-refractivity contribution >= 4 is 17.2 Å². The molecule has 1 aromatic rings. The monoisotopic (exact) mass is 262 g/mol. The fourth-order valence-electron chi connectivity index (χ4n) is 2.45. The topological polar surface area (TPSA) is 41.1 Å². The summed E-state index contributed by atoms with van der Waals surface area (Å²) in [5.74, 6) is 0.0834. The van der Waals surface area contributed by atoms with Crippen LogP contribution in [-0.4, -0.2) is 19.0 Å². The van der Waals surface area contributed by atoms with Crippen LogP contribution in [0.2, 0.25) is 0 Å². The Morgan fingerprint density at radius 2 is 2.28 bits per heavy atom. The maximum Gasteiger partial charge on any atom is 0.247 e. The first kappa shape index (κ1) is 11.9. The second-order valence-electron chi connectivity index (χ2n) is 5.03. The molecule has 1 aliphatic carbocycles. The Labute approximate surface area is 111 Å². The number of hydrogen-bond acceptors (Lipinski definition) is 3. The van der Waals surface area contributed by atoms with Crippen molar-refractivity contribution in [2.45, 2.75) is 32.7 Å². The Hall–Kier alpha value is -1.13. The van der Waals surface area contributed by atoms with E-state index in [1.165, 1.54) is 40.2 Å². The van der Waals surface area contributed by atoms with E-state index in [2.05, 4.69) is 16.7 Å². The lowest BCUT2D eigenvalue weighted by Gasteiger charge is -2.21. The second kappa shape index (κ2) is 4.86. The summed E-state index contributed by atoms with van der Waals surface area (Å²) in [6, 6.07) is 2.26. The summed E-state index contributed by atoms with van der Waals surface area (Å²) in [5, 5.41) is 6.18. The molecule has 0 radical (unpaired) electrons. The molecule has 0 unspecified atom stereocenters. The number of carbonyl (C=O) groups is 1. The van der Waals surface area contributed by atoms with Crippen molar-refractivity contribution in [2.24, 2.45) is 0 Å². The summed E-state index contributed by atoms with van der Waals surface area (Å²) in [5.41, 5.74) is 3.63. The predicted molar refractivity (Wildman–Crippen MR) is 73.8 cm³/mol. The van der Waals surface area contributed by atoms with E-state index in [0.29, 0.717) is 6.54 Å². The molecule has 0 saturated carbocycles. The van der Waals surface area contributed by atoms with Gasteiger partial charge < -0.3 is 10.6 Å². The van der Waals surface area contributed by atoms with Gasteiger partial charge in [0.05, 0.1) is 6.54 Å². The lowest BCUT2D eigenvalue weighted by atomic mass is 10.0. The van der Waals surface area contributed by atoms with Crippen LogP contribution in [0, 0.1) is 0 Å². The third-order valence-corrected chi connectivity index (χ3v) is 5.01. The summed E-state index contributed by atoms with van der Waals surface area (Å²) in [6.07, 6.45) is 3.74. The Balaban J connectivity index is 1.59. The van der Waals surface area contributed by atoms with Gasteiger partial charge in [0.25, 0.3) is 0 Å². The van der Waals surface area contributed by atoms with Gasteiger partial charge in [0.15, 0.2) is 0 Å². The van der Waals surface area contributed by atoms with Gasteiger partial charge in [0, 0.05) is 28.4 Å². The Kier molecular flexibility index (Phi) is 3.22. The van der Waals surface area contributed by atoms with Crippen LogP contribution in [0.4, 0.5) is 0 Å². The standard InChI is InChI=1S/C14H18N2OS/c1-9(11-6-15-7-11)14(17)16-8-12-5-10-3-2-4-13(10)18-12/h5,15H,2-4,6-8H2,1H3,(H,16,17). The first-order valence-corrected chi connectivity index (χ1v) is 7.33. The Morgan fingerprint density at radius 3 is 2.94 bits per heavy atom. The van der Waals surface area contributed by atoms with E-state index >= 15 is 0 Å². The molecule has 2 N–H and O–H groups in total. The van der Waals surface area contributed by atoms with Crippen LogP contribution >= 0.6 is 11.3 Å². The van der Waals surface area contributed by atoms with E-state index in [1.807, 2.05) is 18.3 Å². The van der Waals surface area contributed by atoms with Gasteiger partial charge in [-0.25, -0.2) is 0 Å². The number of amides is 1. The van der Waals surface area contributed by atoms with E-state index < -0.39 is 0 Å². The molecule has 1 saturated heterocycles. The molecule has 1 amide bonds. The van der Waals surface area contributed by atoms with Crippen molar-refractivity contribution in [2.75, 3.05) is 13.1 Å². The van der Waals surface area contributed by atoms with Gasteiger partial charge in [-0.2, -0.15) is 0 Å². The molecule has 4 heteroatoms. The molecule has 3 nitrogen and oxygen atoms in total. The zero-order valence-electron chi connectivity index (χ0n) is 10.6. The average molecular weight is 262 g/mol. The van der Waals surface area contributed by atoms with Gasteiger partial charge in [-0.1, -0.05) is 0 Å². The molecule has 3 rings (SSSR count). The molecule has 2 heterocycles. The van der Waals surface area contributed by atoms with Crippen LogP contribution in [0.15, 0.2) is 17.2 Å². The smallest absolute Gasteiger partial charge is 0.247 e. The normalized spacial score (nSPS) is 17.3. The molecular weight excluding hydrogens is 244 g/mol. The zero-order chi connectivity index (χ0) is 12.5. The first-order chi connectivity index (χ1) is 8.74. The SMILES string of the molecule is CC(C(=O)NCc1cc2c(s1)CCC2)=C1CNC1. The number of rotatable bonds is 3. The van der Waals surface area contributed by atoms with Crippen molar-refractivity contribution in [1.82, 2.24) is 10.6 Å². The molecule has 1 aliphatic heterocycles. The summed E-state index contributed by atoms with van der Waals surface area (Å²) in [6.45, 7) is 4.33. The van der Waals surface area contributed by atoms with Crippen LogP contribution in [0.3, 0.4) is 0 Å². The van der Waals surface area contributed by atoms with Crippen LogP contribution < -0.4 is 10.6 Å². The molecule has 0 atom stereocenters. The third-order valence-electron chi connectivity index (χ3n) is 3.77. The molecule has 1 aromatic heterocycles. The van der Waals surface area contributed by atoms with Crippen molar-refractivity contribution in [3.05, 3.63) is 32.5 Å². The average Bonchev–Trinajstić information content (AvgIpc) is 2.83. The quantitative estimate of drug-likeness (QED) is 0.815. The lowest BCUT2D eigenvalue weighted by molar-refractivity contribution is -0.117. The maximum atomic E-state index is 11.9. The van der Waals surface area contributed by atoms with Gasteiger partial charge in [-0.15, -0.1) is 11.3 Å². The Bertz CT molecular complexity index is 488. The minimum absolute atomic E-state index is 0.0834. The van der Waals surface area contributed by atoms with Gasteiger partial charge in [0.1, 0.15) is 0 Å². The first-order valence-electron chi connectivity index (χ1n) is 6.52. The molecule has 18 heavy (non-hydrogen) atoms. The van der Waals surface area contributed by atoms with E-state index in [4.69, 9.17) is 0 Å². The van der Waals surface area contributed by atoms with Crippen molar-refractivity contribution in [1.29, 1.82) is 0 Å². The van der Waals surface area contributed by atoms with Crippen molar-refractivity contribution in [3.8, 4) is 0 Å². The van der Waals surface area contributed by atoms with Crippen molar-refractivity contribution < 1.29 is 4.79 Å². The van der Waals surface area contributed by atoms with Gasteiger partial charge in [-0.3, -0.25) is 4.79 Å².